The van der Waals surface area contributed by atoms with Crippen molar-refractivity contribution in [3.63, 3.8) is 0 Å². The maximum Gasteiger partial charge on any atom is 2.00 e. The van der Waals surface area contributed by atoms with Crippen molar-refractivity contribution in [2.45, 2.75) is 242 Å². The van der Waals surface area contributed by atoms with E-state index in [9.17, 15) is 25.9 Å². The molecule has 9 heteroatoms. The Bertz CT molecular complexity index is 1310. The van der Waals surface area contributed by atoms with Crippen LogP contribution in [0.5, 0.6) is 0 Å². The van der Waals surface area contributed by atoms with E-state index >= 15 is 0 Å². The fourth-order valence-corrected chi connectivity index (χ4v) is 9.11. The normalized spacial score (nSPS) is 11.6. The van der Waals surface area contributed by atoms with Gasteiger partial charge < -0.3 is 9.11 Å². The minimum Gasteiger partial charge on any atom is -0.744 e. The third-order valence-electron chi connectivity index (χ3n) is 11.1. The van der Waals surface area contributed by atoms with E-state index in [0.717, 1.165) is 25.7 Å². The van der Waals surface area contributed by atoms with Crippen LogP contribution in [0, 0.1) is 0 Å². The second kappa shape index (κ2) is 38.4. The second-order valence-electron chi connectivity index (χ2n) is 16.2. The standard InChI is InChI=1S/2C24H42O3S.Ca/c2*1-2-3-4-5-6-7-8-9-10-11-12-13-14-15-16-17-20-23-21-18-19-22-24(23)28(25,26)27;/h2*18-19,21-22H,2-17,20H2,1H3,(H,25,26,27);/q;;+2/p-2. The summed E-state index contributed by atoms with van der Waals surface area (Å²) in [5, 5.41) is 0. The van der Waals surface area contributed by atoms with Gasteiger partial charge in [-0.2, -0.15) is 0 Å². The van der Waals surface area contributed by atoms with E-state index in [1.54, 1.807) is 36.4 Å². The Morgan fingerprint density at radius 3 is 0.737 bits per heavy atom. The first-order chi connectivity index (χ1) is 27.1. The molecule has 0 saturated heterocycles. The molecule has 0 amide bonds. The summed E-state index contributed by atoms with van der Waals surface area (Å²) in [4.78, 5) is -0.0908. The number of aryl methyl sites for hydroxylation is 2. The maximum absolute atomic E-state index is 11.3. The van der Waals surface area contributed by atoms with Crippen molar-refractivity contribution < 1.29 is 25.9 Å². The summed E-state index contributed by atoms with van der Waals surface area (Å²) >= 11 is 0. The summed E-state index contributed by atoms with van der Waals surface area (Å²) in [7, 11) is -8.71. The third-order valence-corrected chi connectivity index (χ3v) is 13.0. The second-order valence-corrected chi connectivity index (χ2v) is 18.9. The Hall–Kier alpha value is -0.480. The van der Waals surface area contributed by atoms with Crippen LogP contribution in [-0.2, 0) is 33.1 Å². The van der Waals surface area contributed by atoms with Crippen LogP contribution in [-0.4, -0.2) is 63.7 Å². The molecule has 0 unspecified atom stereocenters. The van der Waals surface area contributed by atoms with Crippen molar-refractivity contribution >= 4 is 58.0 Å². The number of hydrogen-bond donors (Lipinski definition) is 0. The van der Waals surface area contributed by atoms with E-state index in [1.807, 2.05) is 0 Å². The predicted molar refractivity (Wildman–Crippen MR) is 241 cm³/mol. The molecule has 0 bridgehead atoms. The molecule has 2 rings (SSSR count). The number of unbranched alkanes of at least 4 members (excludes halogenated alkanes) is 30. The molecule has 0 heterocycles. The Morgan fingerprint density at radius 2 is 0.526 bits per heavy atom. The zero-order chi connectivity index (χ0) is 41.0. The monoisotopic (exact) mass is 859 g/mol. The fourth-order valence-electron chi connectivity index (χ4n) is 7.64. The van der Waals surface area contributed by atoms with Gasteiger partial charge in [0.2, 0.25) is 0 Å². The Kier molecular flexibility index (Phi) is 38.1. The molecule has 0 aliphatic rings. The first kappa shape index (κ1) is 56.5. The van der Waals surface area contributed by atoms with E-state index in [4.69, 9.17) is 0 Å². The summed E-state index contributed by atoms with van der Waals surface area (Å²) in [5.74, 6) is 0. The SMILES string of the molecule is CCCCCCCCCCCCCCCCCCc1ccccc1S(=O)(=O)[O-].CCCCCCCCCCCCCCCCCCc1ccccc1S(=O)(=O)[O-].[Ca+2]. The average Bonchev–Trinajstić information content (AvgIpc) is 3.17. The van der Waals surface area contributed by atoms with Crippen LogP contribution in [0.25, 0.3) is 0 Å². The van der Waals surface area contributed by atoms with E-state index < -0.39 is 20.2 Å². The summed E-state index contributed by atoms with van der Waals surface area (Å²) in [6.45, 7) is 4.54. The molecule has 2 aromatic rings. The molecule has 0 aliphatic heterocycles. The molecule has 0 atom stereocenters. The van der Waals surface area contributed by atoms with Gasteiger partial charge in [-0.25, -0.2) is 16.8 Å². The maximum atomic E-state index is 11.3. The van der Waals surface area contributed by atoms with Crippen molar-refractivity contribution in [2.24, 2.45) is 0 Å². The number of rotatable bonds is 36. The Morgan fingerprint density at radius 1 is 0.333 bits per heavy atom. The molecule has 0 saturated carbocycles. The van der Waals surface area contributed by atoms with Crippen LogP contribution < -0.4 is 0 Å². The number of benzene rings is 2. The number of hydrogen-bond acceptors (Lipinski definition) is 6. The zero-order valence-electron chi connectivity index (χ0n) is 36.6. The molecule has 0 spiro atoms. The van der Waals surface area contributed by atoms with Gasteiger partial charge in [-0.1, -0.05) is 243 Å². The van der Waals surface area contributed by atoms with Crippen molar-refractivity contribution in [2.75, 3.05) is 0 Å². The van der Waals surface area contributed by atoms with Crippen molar-refractivity contribution in [3.8, 4) is 0 Å². The van der Waals surface area contributed by atoms with Crippen LogP contribution in [0.4, 0.5) is 0 Å². The van der Waals surface area contributed by atoms with E-state index in [1.165, 1.54) is 192 Å². The molecule has 0 aliphatic carbocycles. The molecular weight excluding hydrogens is 777 g/mol. The summed E-state index contributed by atoms with van der Waals surface area (Å²) in [5.41, 5.74) is 1.34. The molecule has 324 valence electrons. The topological polar surface area (TPSA) is 114 Å². The molecule has 0 fully saturated rings. The molecule has 2 aromatic carbocycles. The summed E-state index contributed by atoms with van der Waals surface area (Å²) in [6, 6.07) is 13.2. The predicted octanol–water partition coefficient (Wildman–Crippen LogP) is 14.4. The first-order valence-electron chi connectivity index (χ1n) is 23.2. The van der Waals surface area contributed by atoms with Crippen LogP contribution in [0.3, 0.4) is 0 Å². The molecule has 57 heavy (non-hydrogen) atoms. The van der Waals surface area contributed by atoms with Crippen molar-refractivity contribution in [1.29, 1.82) is 0 Å². The van der Waals surface area contributed by atoms with Crippen molar-refractivity contribution in [3.05, 3.63) is 59.7 Å². The van der Waals surface area contributed by atoms with Crippen LogP contribution in [0.2, 0.25) is 0 Å². The fraction of sp³-hybridized carbons (Fsp3) is 0.750. The Balaban J connectivity index is 0.00000108. The summed E-state index contributed by atoms with van der Waals surface area (Å²) < 4.78 is 67.6. The zero-order valence-corrected chi connectivity index (χ0v) is 40.5. The Labute approximate surface area is 382 Å². The van der Waals surface area contributed by atoms with Gasteiger partial charge in [-0.3, -0.25) is 0 Å². The minimum absolute atomic E-state index is 0. The van der Waals surface area contributed by atoms with Gasteiger partial charge in [-0.05, 0) is 48.9 Å². The van der Waals surface area contributed by atoms with E-state index in [0.29, 0.717) is 24.0 Å². The van der Waals surface area contributed by atoms with E-state index in [2.05, 4.69) is 13.8 Å². The van der Waals surface area contributed by atoms with Gasteiger partial charge in [-0.15, -0.1) is 0 Å². The van der Waals surface area contributed by atoms with Gasteiger partial charge in [0.1, 0.15) is 20.2 Å². The largest absolute Gasteiger partial charge is 2.00 e. The molecule has 6 nitrogen and oxygen atoms in total. The van der Waals surface area contributed by atoms with Crippen molar-refractivity contribution in [1.82, 2.24) is 0 Å². The molecule has 0 N–H and O–H groups in total. The molecular formula is C48H82CaO6S2. The first-order valence-corrected chi connectivity index (χ1v) is 26.0. The van der Waals surface area contributed by atoms with Gasteiger partial charge in [0, 0.05) is 0 Å². The average molecular weight is 859 g/mol. The van der Waals surface area contributed by atoms with Crippen LogP contribution >= 0.6 is 0 Å². The smallest absolute Gasteiger partial charge is 0.744 e. The summed E-state index contributed by atoms with van der Waals surface area (Å²) in [6.07, 6.45) is 43.6. The van der Waals surface area contributed by atoms with Gasteiger partial charge in [0.15, 0.2) is 0 Å². The molecule has 0 radical (unpaired) electrons. The van der Waals surface area contributed by atoms with Gasteiger partial charge in [0.05, 0.1) is 9.79 Å². The minimum atomic E-state index is -4.36. The molecule has 0 aromatic heterocycles. The van der Waals surface area contributed by atoms with Crippen LogP contribution in [0.1, 0.15) is 230 Å². The third kappa shape index (κ3) is 32.9. The quantitative estimate of drug-likeness (QED) is 0.0383. The van der Waals surface area contributed by atoms with E-state index in [-0.39, 0.29) is 47.5 Å². The van der Waals surface area contributed by atoms with Gasteiger partial charge in [0.25, 0.3) is 0 Å². The van der Waals surface area contributed by atoms with Crippen LogP contribution in [0.15, 0.2) is 58.3 Å². The van der Waals surface area contributed by atoms with Gasteiger partial charge >= 0.3 is 37.7 Å².